The van der Waals surface area contributed by atoms with Gasteiger partial charge in [-0.25, -0.2) is 0 Å². The third-order valence-corrected chi connectivity index (χ3v) is 5.76. The first-order valence-electron chi connectivity index (χ1n) is 9.41. The van der Waals surface area contributed by atoms with Gasteiger partial charge in [-0.3, -0.25) is 0 Å². The minimum atomic E-state index is 0. The lowest BCUT2D eigenvalue weighted by atomic mass is 10.2. The van der Waals surface area contributed by atoms with Crippen LogP contribution in [0.1, 0.15) is 12.8 Å². The van der Waals surface area contributed by atoms with Crippen LogP contribution in [0.4, 0.5) is 5.69 Å². The zero-order chi connectivity index (χ0) is 17.1. The normalized spacial score (nSPS) is 14.4. The van der Waals surface area contributed by atoms with Crippen molar-refractivity contribution >= 4 is 38.7 Å². The third kappa shape index (κ3) is 2.38. The molecule has 4 heteroatoms. The molecule has 1 aliphatic heterocycles. The fraction of sp³-hybridized carbons (Fsp3) is 0.174. The molecule has 1 fully saturated rings. The van der Waals surface area contributed by atoms with E-state index in [1.54, 1.807) is 0 Å². The zero-order valence-corrected chi connectivity index (χ0v) is 15.7. The Kier molecular flexibility index (Phi) is 3.73. The number of halogens is 1. The van der Waals surface area contributed by atoms with Crippen LogP contribution in [0.5, 0.6) is 0 Å². The van der Waals surface area contributed by atoms with Gasteiger partial charge >= 0.3 is 0 Å². The first kappa shape index (κ1) is 16.4. The summed E-state index contributed by atoms with van der Waals surface area (Å²) in [5.41, 5.74) is 6.29. The van der Waals surface area contributed by atoms with E-state index >= 15 is 0 Å². The summed E-state index contributed by atoms with van der Waals surface area (Å²) in [5.74, 6) is 0. The maximum Gasteiger partial charge on any atom is 0.292 e. The smallest absolute Gasteiger partial charge is 0.292 e. The Morgan fingerprint density at radius 1 is 0.778 bits per heavy atom. The lowest BCUT2D eigenvalue weighted by Gasteiger charge is -2.17. The average molecular weight is 374 g/mol. The van der Waals surface area contributed by atoms with Gasteiger partial charge in [-0.15, -0.1) is 0 Å². The van der Waals surface area contributed by atoms with Crippen LogP contribution in [0.15, 0.2) is 72.9 Å². The molecule has 0 atom stereocenters. The van der Waals surface area contributed by atoms with Crippen LogP contribution in [0.3, 0.4) is 0 Å². The Balaban J connectivity index is 0.00000160. The summed E-state index contributed by atoms with van der Waals surface area (Å²) in [4.78, 5) is 2.50. The summed E-state index contributed by atoms with van der Waals surface area (Å²) in [7, 11) is 0. The van der Waals surface area contributed by atoms with E-state index in [0.29, 0.717) is 0 Å². The molecule has 0 saturated carbocycles. The van der Waals surface area contributed by atoms with Crippen LogP contribution < -0.4 is 21.7 Å². The Morgan fingerprint density at radius 3 is 2.48 bits per heavy atom. The van der Waals surface area contributed by atoms with Crippen molar-refractivity contribution in [3.05, 3.63) is 72.9 Å². The minimum absolute atomic E-state index is 0. The lowest BCUT2D eigenvalue weighted by Crippen LogP contribution is -3.00. The standard InChI is InChI=1S/C23H20N3.ClH/c1-2-6-22-17(5-1)7-9-20-16-25-21-11-10-19(24-13-3-4-14-24)15-18(21)8-12-23(25)26(20)22;/h1-2,5-12,15-16H,3-4,13-14H2;1H/q+1;/p-1. The number of pyridine rings is 2. The molecule has 6 rings (SSSR count). The summed E-state index contributed by atoms with van der Waals surface area (Å²) in [5, 5.41) is 2.56. The number of nitrogens with zero attached hydrogens (tertiary/aromatic N) is 3. The molecule has 2 aromatic carbocycles. The van der Waals surface area contributed by atoms with E-state index in [0.717, 1.165) is 0 Å². The second-order valence-electron chi connectivity index (χ2n) is 7.28. The van der Waals surface area contributed by atoms with Gasteiger partial charge in [0.05, 0.1) is 0 Å². The molecule has 5 aromatic rings. The monoisotopic (exact) mass is 373 g/mol. The molecule has 1 saturated heterocycles. The van der Waals surface area contributed by atoms with Crippen molar-refractivity contribution in [2.24, 2.45) is 0 Å². The molecule has 0 radical (unpaired) electrons. The van der Waals surface area contributed by atoms with Crippen molar-refractivity contribution < 1.29 is 16.8 Å². The Hall–Kier alpha value is -2.78. The van der Waals surface area contributed by atoms with Crippen molar-refractivity contribution in [2.75, 3.05) is 18.0 Å². The number of rotatable bonds is 1. The topological polar surface area (TPSA) is 11.8 Å². The zero-order valence-electron chi connectivity index (χ0n) is 15.0. The lowest BCUT2D eigenvalue weighted by molar-refractivity contribution is -0.479. The van der Waals surface area contributed by atoms with Crippen molar-refractivity contribution in [3.8, 4) is 0 Å². The van der Waals surface area contributed by atoms with Gasteiger partial charge < -0.3 is 17.3 Å². The number of aromatic nitrogens is 2. The molecule has 1 aliphatic rings. The van der Waals surface area contributed by atoms with Gasteiger partial charge in [-0.2, -0.15) is 8.80 Å². The van der Waals surface area contributed by atoms with Gasteiger partial charge in [-0.1, -0.05) is 18.2 Å². The van der Waals surface area contributed by atoms with Crippen LogP contribution in [-0.2, 0) is 0 Å². The number of imidazole rings is 1. The quantitative estimate of drug-likeness (QED) is 0.406. The fourth-order valence-electron chi connectivity index (χ4n) is 4.46. The number of para-hydroxylation sites is 1. The maximum atomic E-state index is 2.50. The molecule has 3 aromatic heterocycles. The van der Waals surface area contributed by atoms with E-state index < -0.39 is 0 Å². The highest BCUT2D eigenvalue weighted by atomic mass is 35.5. The van der Waals surface area contributed by atoms with Crippen LogP contribution >= 0.6 is 0 Å². The molecule has 0 spiro atoms. The van der Waals surface area contributed by atoms with Gasteiger partial charge in [0, 0.05) is 35.6 Å². The summed E-state index contributed by atoms with van der Waals surface area (Å²) in [6.45, 7) is 2.37. The largest absolute Gasteiger partial charge is 1.00 e. The molecule has 3 nitrogen and oxygen atoms in total. The molecule has 0 bridgehead atoms. The van der Waals surface area contributed by atoms with E-state index in [9.17, 15) is 0 Å². The predicted molar refractivity (Wildman–Crippen MR) is 107 cm³/mol. The average Bonchev–Trinajstić information content (AvgIpc) is 3.35. The second kappa shape index (κ2) is 6.14. The molecule has 27 heavy (non-hydrogen) atoms. The molecule has 134 valence electrons. The molecule has 0 unspecified atom stereocenters. The Bertz CT molecular complexity index is 1300. The van der Waals surface area contributed by atoms with Crippen molar-refractivity contribution in [1.82, 2.24) is 4.40 Å². The first-order chi connectivity index (χ1) is 12.9. The van der Waals surface area contributed by atoms with Gasteiger partial charge in [0.1, 0.15) is 17.2 Å². The number of hydrogen-bond donors (Lipinski definition) is 0. The molecule has 0 N–H and O–H groups in total. The summed E-state index contributed by atoms with van der Waals surface area (Å²) >= 11 is 0. The molecule has 4 heterocycles. The number of fused-ring (bicyclic) bond motifs is 7. The minimum Gasteiger partial charge on any atom is -1.00 e. The van der Waals surface area contributed by atoms with Crippen LogP contribution in [-0.4, -0.2) is 17.5 Å². The molecule has 0 aliphatic carbocycles. The van der Waals surface area contributed by atoms with Gasteiger partial charge in [0.2, 0.25) is 0 Å². The van der Waals surface area contributed by atoms with E-state index in [1.807, 2.05) is 0 Å². The highest BCUT2D eigenvalue weighted by Crippen LogP contribution is 2.25. The maximum absolute atomic E-state index is 2.50. The third-order valence-electron chi connectivity index (χ3n) is 5.76. The SMILES string of the molecule is [Cl-].c1ccc2c(c1)ccc1c[n+]3c4ccc(N5CCCC5)cc4ccc3n12. The van der Waals surface area contributed by atoms with Crippen molar-refractivity contribution in [2.45, 2.75) is 12.8 Å². The van der Waals surface area contributed by atoms with E-state index in [2.05, 4.69) is 86.6 Å². The number of anilines is 1. The van der Waals surface area contributed by atoms with Gasteiger partial charge in [0.25, 0.3) is 5.65 Å². The highest BCUT2D eigenvalue weighted by Gasteiger charge is 2.18. The fourth-order valence-corrected chi connectivity index (χ4v) is 4.46. The second-order valence-corrected chi connectivity index (χ2v) is 7.28. The van der Waals surface area contributed by atoms with E-state index in [1.165, 1.54) is 64.6 Å². The number of benzene rings is 2. The molecular formula is C23H20ClN3. The van der Waals surface area contributed by atoms with Crippen LogP contribution in [0.2, 0.25) is 0 Å². The summed E-state index contributed by atoms with van der Waals surface area (Å²) < 4.78 is 4.67. The predicted octanol–water partition coefficient (Wildman–Crippen LogP) is 1.59. The Labute approximate surface area is 163 Å². The first-order valence-corrected chi connectivity index (χ1v) is 9.41. The van der Waals surface area contributed by atoms with E-state index in [-0.39, 0.29) is 12.4 Å². The number of hydrogen-bond acceptors (Lipinski definition) is 1. The van der Waals surface area contributed by atoms with Gasteiger partial charge in [-0.05, 0) is 55.3 Å². The highest BCUT2D eigenvalue weighted by molar-refractivity contribution is 5.86. The summed E-state index contributed by atoms with van der Waals surface area (Å²) in [6, 6.07) is 24.4. The van der Waals surface area contributed by atoms with E-state index in [4.69, 9.17) is 0 Å². The Morgan fingerprint density at radius 2 is 1.59 bits per heavy atom. The van der Waals surface area contributed by atoms with Crippen LogP contribution in [0.25, 0.3) is 33.0 Å². The summed E-state index contributed by atoms with van der Waals surface area (Å²) in [6.07, 6.45) is 4.87. The molecular weight excluding hydrogens is 354 g/mol. The molecule has 0 amide bonds. The van der Waals surface area contributed by atoms with Gasteiger partial charge in [0.15, 0.2) is 5.52 Å². The van der Waals surface area contributed by atoms with Crippen LogP contribution in [0, 0.1) is 0 Å². The van der Waals surface area contributed by atoms with Crippen molar-refractivity contribution in [1.29, 1.82) is 0 Å². The van der Waals surface area contributed by atoms with Crippen molar-refractivity contribution in [3.63, 3.8) is 0 Å².